The van der Waals surface area contributed by atoms with Crippen LogP contribution in [0.1, 0.15) is 0 Å². The third kappa shape index (κ3) is 40.5. The zero-order valence-corrected chi connectivity index (χ0v) is 8.03. The second kappa shape index (κ2) is 69.2. The van der Waals surface area contributed by atoms with Gasteiger partial charge in [0.2, 0.25) is 0 Å². The average Bonchev–Trinajstić information content (AvgIpc) is 0. The molecule has 0 aromatic heterocycles. The van der Waals surface area contributed by atoms with Crippen molar-refractivity contribution in [1.82, 2.24) is 0 Å². The van der Waals surface area contributed by atoms with Crippen LogP contribution in [0.2, 0.25) is 0 Å². The van der Waals surface area contributed by atoms with Crippen molar-refractivity contribution in [3.63, 3.8) is 0 Å². The van der Waals surface area contributed by atoms with Crippen molar-refractivity contribution in [3.8, 4) is 0 Å². The fraction of sp³-hybridized carbons (Fsp3) is 0. The molecule has 6 heteroatoms. The van der Waals surface area contributed by atoms with Gasteiger partial charge in [0.15, 0.2) is 0 Å². The standard InChI is InChI=1S/FH.Mg.Na.2H2O.Si/h1H;;;2*1H2;. The maximum absolute atomic E-state index is 0. The maximum Gasteiger partial charge on any atom is 0 e. The minimum absolute atomic E-state index is 0. The smallest absolute Gasteiger partial charge is 0 e. The van der Waals surface area contributed by atoms with Gasteiger partial charge >= 0.3 is 0 Å². The first-order valence-corrected chi connectivity index (χ1v) is 0. The minimum Gasteiger partial charge on any atom is -0.412 e. The van der Waals surface area contributed by atoms with Crippen molar-refractivity contribution >= 4 is 63.6 Å². The summed E-state index contributed by atoms with van der Waals surface area (Å²) in [5.74, 6) is 0. The third-order valence-electron chi connectivity index (χ3n) is 0. The summed E-state index contributed by atoms with van der Waals surface area (Å²) >= 11 is 0. The summed E-state index contributed by atoms with van der Waals surface area (Å²) in [6.45, 7) is 0. The van der Waals surface area contributed by atoms with Crippen LogP contribution < -0.4 is 0 Å². The van der Waals surface area contributed by atoms with E-state index in [1.54, 1.807) is 0 Å². The van der Waals surface area contributed by atoms with E-state index in [1.807, 2.05) is 0 Å². The van der Waals surface area contributed by atoms with E-state index in [0.717, 1.165) is 0 Å². The molecule has 0 fully saturated rings. The minimum atomic E-state index is 0. The Balaban J connectivity index is 0. The normalized spacial score (nSPS) is 0. The van der Waals surface area contributed by atoms with Crippen LogP contribution in [0.15, 0.2) is 0 Å². The number of hydrogen-bond donors (Lipinski definition) is 0. The van der Waals surface area contributed by atoms with Crippen LogP contribution in [-0.4, -0.2) is 74.5 Å². The van der Waals surface area contributed by atoms with Crippen molar-refractivity contribution in [1.29, 1.82) is 0 Å². The van der Waals surface area contributed by atoms with Crippen LogP contribution in [0.4, 0.5) is 4.70 Å². The Morgan fingerprint density at radius 1 is 0.833 bits per heavy atom. The first-order chi connectivity index (χ1) is 0. The van der Waals surface area contributed by atoms with Gasteiger partial charge in [-0.2, -0.15) is 0 Å². The fourth-order valence-corrected chi connectivity index (χ4v) is 0. The maximum atomic E-state index is 0. The second-order valence-corrected chi connectivity index (χ2v) is 0. The molecule has 0 rings (SSSR count). The Labute approximate surface area is 78.5 Å². The first-order valence-electron chi connectivity index (χ1n) is 0. The Kier molecular flexibility index (Phi) is 1260. The molecule has 0 aliphatic heterocycles. The van der Waals surface area contributed by atoms with Crippen LogP contribution in [-0.2, 0) is 0 Å². The predicted octanol–water partition coefficient (Wildman–Crippen LogP) is -2.64. The van der Waals surface area contributed by atoms with Crippen molar-refractivity contribution in [2.45, 2.75) is 0 Å². The Morgan fingerprint density at radius 3 is 0.833 bits per heavy atom. The molecule has 0 spiro atoms. The van der Waals surface area contributed by atoms with Gasteiger partial charge < -0.3 is 11.0 Å². The molecule has 0 amide bonds. The van der Waals surface area contributed by atoms with Crippen molar-refractivity contribution < 1.29 is 15.7 Å². The molecule has 31 valence electrons. The van der Waals surface area contributed by atoms with E-state index in [9.17, 15) is 0 Å². The number of rotatable bonds is 0. The Hall–Kier alpha value is 1.83. The Bertz CT molecular complexity index is 13.5. The molecule has 0 aliphatic carbocycles. The second-order valence-electron chi connectivity index (χ2n) is 0. The molecule has 0 bridgehead atoms. The van der Waals surface area contributed by atoms with Gasteiger partial charge in [0.1, 0.15) is 0 Å². The molecular formula is H5FMgNaO2Si. The molecule has 0 aliphatic rings. The van der Waals surface area contributed by atoms with Crippen LogP contribution in [0, 0.1) is 0 Å². The van der Waals surface area contributed by atoms with Gasteiger partial charge in [0, 0.05) is 63.6 Å². The van der Waals surface area contributed by atoms with Crippen molar-refractivity contribution in [3.05, 3.63) is 0 Å². The van der Waals surface area contributed by atoms with Crippen LogP contribution in [0.25, 0.3) is 0 Å². The third-order valence-corrected chi connectivity index (χ3v) is 0. The van der Waals surface area contributed by atoms with E-state index in [-0.39, 0.29) is 79.2 Å². The molecule has 6 heavy (non-hydrogen) atoms. The molecular weight excluding hydrogens is 126 g/mol. The molecule has 0 atom stereocenters. The van der Waals surface area contributed by atoms with Crippen LogP contribution >= 0.6 is 0 Å². The molecule has 0 saturated heterocycles. The van der Waals surface area contributed by atoms with E-state index >= 15 is 0 Å². The van der Waals surface area contributed by atoms with Crippen molar-refractivity contribution in [2.24, 2.45) is 0 Å². The predicted molar refractivity (Wildman–Crippen MR) is 27.0 cm³/mol. The van der Waals surface area contributed by atoms with Crippen molar-refractivity contribution in [2.75, 3.05) is 0 Å². The van der Waals surface area contributed by atoms with Gasteiger partial charge in [0.25, 0.3) is 0 Å². The monoisotopic (exact) mass is 131 g/mol. The summed E-state index contributed by atoms with van der Waals surface area (Å²) < 4.78 is 0. The summed E-state index contributed by atoms with van der Waals surface area (Å²) in [4.78, 5) is 0. The van der Waals surface area contributed by atoms with Gasteiger partial charge in [0.05, 0.1) is 0 Å². The molecule has 4 N–H and O–H groups in total. The Morgan fingerprint density at radius 2 is 0.833 bits per heavy atom. The topological polar surface area (TPSA) is 63.0 Å². The van der Waals surface area contributed by atoms with Gasteiger partial charge in [-0.25, -0.2) is 0 Å². The first kappa shape index (κ1) is 109. The molecule has 2 nitrogen and oxygen atoms in total. The largest absolute Gasteiger partial charge is 0.412 e. The van der Waals surface area contributed by atoms with Gasteiger partial charge in [-0.05, 0) is 0 Å². The summed E-state index contributed by atoms with van der Waals surface area (Å²) in [5, 5.41) is 0. The molecule has 7 radical (unpaired) electrons. The quantitative estimate of drug-likeness (QED) is 0.323. The number of hydrogen-bond acceptors (Lipinski definition) is 0. The van der Waals surface area contributed by atoms with Gasteiger partial charge in [-0.3, -0.25) is 4.70 Å². The molecule has 0 heterocycles. The summed E-state index contributed by atoms with van der Waals surface area (Å²) in [6.07, 6.45) is 0. The molecule has 0 aromatic rings. The van der Waals surface area contributed by atoms with E-state index in [0.29, 0.717) is 0 Å². The van der Waals surface area contributed by atoms with E-state index in [2.05, 4.69) is 0 Å². The van der Waals surface area contributed by atoms with Gasteiger partial charge in [-0.15, -0.1) is 0 Å². The van der Waals surface area contributed by atoms with E-state index in [1.165, 1.54) is 0 Å². The fourth-order valence-electron chi connectivity index (χ4n) is 0. The summed E-state index contributed by atoms with van der Waals surface area (Å²) in [5.41, 5.74) is 0. The SMILES string of the molecule is F.O.O.[Mg].[Na].[Si]. The molecule has 0 saturated carbocycles. The molecule has 0 unspecified atom stereocenters. The summed E-state index contributed by atoms with van der Waals surface area (Å²) in [7, 11) is 0. The van der Waals surface area contributed by atoms with Crippen LogP contribution in [0.3, 0.4) is 0 Å². The van der Waals surface area contributed by atoms with Crippen LogP contribution in [0.5, 0.6) is 0 Å². The number of halogens is 1. The molecule has 0 aromatic carbocycles. The zero-order chi connectivity index (χ0) is 0. The summed E-state index contributed by atoms with van der Waals surface area (Å²) in [6, 6.07) is 0. The van der Waals surface area contributed by atoms with E-state index in [4.69, 9.17) is 0 Å². The zero-order valence-electron chi connectivity index (χ0n) is 3.62. The van der Waals surface area contributed by atoms with E-state index < -0.39 is 0 Å². The average molecular weight is 131 g/mol. The van der Waals surface area contributed by atoms with Gasteiger partial charge in [-0.1, -0.05) is 0 Å².